The minimum absolute atomic E-state index is 0.215. The van der Waals surface area contributed by atoms with Gasteiger partial charge in [-0.1, -0.05) is 23.7 Å². The Morgan fingerprint density at radius 2 is 2.00 bits per heavy atom. The molecule has 1 aliphatic carbocycles. The van der Waals surface area contributed by atoms with Gasteiger partial charge in [-0.2, -0.15) is 5.21 Å². The van der Waals surface area contributed by atoms with Crippen LogP contribution in [0.5, 0.6) is 0 Å². The molecule has 0 atom stereocenters. The third-order valence-corrected chi connectivity index (χ3v) is 4.68. The van der Waals surface area contributed by atoms with Crippen LogP contribution in [0.15, 0.2) is 24.3 Å². The van der Waals surface area contributed by atoms with Gasteiger partial charge >= 0.3 is 0 Å². The van der Waals surface area contributed by atoms with Gasteiger partial charge in [0.1, 0.15) is 0 Å². The average molecular weight is 317 g/mol. The number of halogens is 1. The Morgan fingerprint density at radius 1 is 1.14 bits per heavy atom. The van der Waals surface area contributed by atoms with E-state index in [1.807, 2.05) is 0 Å². The number of fused-ring (bicyclic) bond motifs is 2. The number of aromatic nitrogens is 4. The molecule has 1 aromatic carbocycles. The van der Waals surface area contributed by atoms with E-state index in [1.54, 1.807) is 24.3 Å². The van der Waals surface area contributed by atoms with E-state index in [9.17, 15) is 9.59 Å². The highest BCUT2D eigenvalue weighted by Crippen LogP contribution is 2.38. The highest BCUT2D eigenvalue weighted by atomic mass is 35.5. The molecular formula is C13H5ClN4O2S. The van der Waals surface area contributed by atoms with E-state index in [4.69, 9.17) is 11.6 Å². The lowest BCUT2D eigenvalue weighted by atomic mass is 9.89. The second-order valence-electron chi connectivity index (χ2n) is 4.41. The number of hydrogen-bond acceptors (Lipinski definition) is 6. The Bertz CT molecular complexity index is 901. The highest BCUT2D eigenvalue weighted by Gasteiger charge is 2.34. The van der Waals surface area contributed by atoms with Crippen molar-refractivity contribution in [3.8, 4) is 10.7 Å². The molecule has 0 fully saturated rings. The van der Waals surface area contributed by atoms with Gasteiger partial charge in [0.05, 0.1) is 20.3 Å². The summed E-state index contributed by atoms with van der Waals surface area (Å²) in [5.41, 5.74) is 0.954. The predicted molar refractivity (Wildman–Crippen MR) is 75.8 cm³/mol. The van der Waals surface area contributed by atoms with Crippen molar-refractivity contribution in [3.63, 3.8) is 0 Å². The van der Waals surface area contributed by atoms with Crippen LogP contribution in [-0.2, 0) is 0 Å². The first-order valence-electron chi connectivity index (χ1n) is 5.92. The Labute approximate surface area is 126 Å². The summed E-state index contributed by atoms with van der Waals surface area (Å²) < 4.78 is 0. The molecule has 2 heterocycles. The van der Waals surface area contributed by atoms with E-state index in [0.29, 0.717) is 26.7 Å². The molecule has 0 unspecified atom stereocenters. The minimum atomic E-state index is -0.245. The van der Waals surface area contributed by atoms with Crippen LogP contribution < -0.4 is 0 Å². The number of tetrazole rings is 1. The number of benzene rings is 1. The Kier molecular flexibility index (Phi) is 2.54. The smallest absolute Gasteiger partial charge is 0.214 e. The Hall–Kier alpha value is -2.38. The number of H-pyrrole nitrogens is 1. The van der Waals surface area contributed by atoms with E-state index >= 15 is 0 Å². The number of ketones is 2. The molecule has 8 heteroatoms. The van der Waals surface area contributed by atoms with Gasteiger partial charge in [-0.3, -0.25) is 9.59 Å². The zero-order chi connectivity index (χ0) is 14.6. The number of nitrogens with zero attached hydrogens (tertiary/aromatic N) is 3. The summed E-state index contributed by atoms with van der Waals surface area (Å²) in [5, 5.41) is 13.8. The first kappa shape index (κ1) is 12.4. The number of carbonyl (C=O) groups excluding carboxylic acids is 2. The fourth-order valence-corrected chi connectivity index (χ4v) is 3.60. The summed E-state index contributed by atoms with van der Waals surface area (Å²) in [6, 6.07) is 6.49. The van der Waals surface area contributed by atoms with Crippen LogP contribution in [0, 0.1) is 0 Å². The van der Waals surface area contributed by atoms with Crippen molar-refractivity contribution in [2.75, 3.05) is 0 Å². The van der Waals surface area contributed by atoms with Crippen LogP contribution in [0.1, 0.15) is 31.2 Å². The summed E-state index contributed by atoms with van der Waals surface area (Å²) in [6.07, 6.45) is 0. The number of thiophene rings is 1. The summed E-state index contributed by atoms with van der Waals surface area (Å²) >= 11 is 7.23. The van der Waals surface area contributed by atoms with Crippen LogP contribution in [0.25, 0.3) is 10.7 Å². The van der Waals surface area contributed by atoms with Gasteiger partial charge in [0.15, 0.2) is 5.78 Å². The molecule has 0 radical (unpaired) electrons. The van der Waals surface area contributed by atoms with Gasteiger partial charge in [-0.25, -0.2) is 0 Å². The van der Waals surface area contributed by atoms with Crippen LogP contribution >= 0.6 is 22.9 Å². The summed E-state index contributed by atoms with van der Waals surface area (Å²) in [4.78, 5) is 26.1. The lowest BCUT2D eigenvalue weighted by Gasteiger charge is -2.14. The summed E-state index contributed by atoms with van der Waals surface area (Å²) in [7, 11) is 0. The molecule has 3 aromatic rings. The zero-order valence-electron chi connectivity index (χ0n) is 10.3. The number of nitrogens with one attached hydrogen (secondary N) is 1. The zero-order valence-corrected chi connectivity index (χ0v) is 11.8. The van der Waals surface area contributed by atoms with Gasteiger partial charge in [0, 0.05) is 11.1 Å². The molecule has 102 valence electrons. The van der Waals surface area contributed by atoms with Crippen LogP contribution in [0.2, 0.25) is 5.02 Å². The highest BCUT2D eigenvalue weighted by molar-refractivity contribution is 7.18. The minimum Gasteiger partial charge on any atom is -0.289 e. The molecule has 0 saturated carbocycles. The van der Waals surface area contributed by atoms with Crippen LogP contribution in [-0.4, -0.2) is 32.2 Å². The van der Waals surface area contributed by atoms with E-state index in [1.165, 1.54) is 0 Å². The van der Waals surface area contributed by atoms with Gasteiger partial charge < -0.3 is 0 Å². The molecule has 0 saturated heterocycles. The van der Waals surface area contributed by atoms with E-state index in [0.717, 1.165) is 11.3 Å². The maximum absolute atomic E-state index is 12.6. The molecule has 1 aliphatic rings. The molecule has 0 bridgehead atoms. The molecule has 4 rings (SSSR count). The largest absolute Gasteiger partial charge is 0.289 e. The topological polar surface area (TPSA) is 88.6 Å². The number of rotatable bonds is 1. The molecular weight excluding hydrogens is 312 g/mol. The maximum atomic E-state index is 12.6. The lowest BCUT2D eigenvalue weighted by Crippen LogP contribution is -2.18. The van der Waals surface area contributed by atoms with E-state index < -0.39 is 0 Å². The molecule has 0 amide bonds. The number of carbonyl (C=O) groups is 2. The first-order chi connectivity index (χ1) is 10.2. The fraction of sp³-hybridized carbons (Fsp3) is 0. The number of hydrogen-bond donors (Lipinski definition) is 1. The SMILES string of the molecule is O=C1c2cc(-c3nn[nH]n3)sc2C(=O)c2c(Cl)cccc21. The molecule has 6 nitrogen and oxygen atoms in total. The van der Waals surface area contributed by atoms with E-state index in [-0.39, 0.29) is 22.2 Å². The average Bonchev–Trinajstić information content (AvgIpc) is 3.13. The summed E-state index contributed by atoms with van der Waals surface area (Å²) in [5.74, 6) is -0.108. The summed E-state index contributed by atoms with van der Waals surface area (Å²) in [6.45, 7) is 0. The molecule has 2 aromatic heterocycles. The van der Waals surface area contributed by atoms with Crippen molar-refractivity contribution >= 4 is 34.5 Å². The van der Waals surface area contributed by atoms with Gasteiger partial charge in [-0.15, -0.1) is 21.5 Å². The van der Waals surface area contributed by atoms with Gasteiger partial charge in [0.25, 0.3) is 0 Å². The Morgan fingerprint density at radius 3 is 2.76 bits per heavy atom. The fourth-order valence-electron chi connectivity index (χ4n) is 2.31. The first-order valence-corrected chi connectivity index (χ1v) is 7.12. The predicted octanol–water partition coefficient (Wildman–Crippen LogP) is 2.36. The standard InChI is InChI=1S/C13H5ClN4O2S/c14-7-3-1-2-5-9(7)11(20)12-6(10(5)19)4-8(21-12)13-15-17-18-16-13/h1-4H,(H,15,16,17,18). The van der Waals surface area contributed by atoms with Crippen molar-refractivity contribution < 1.29 is 9.59 Å². The monoisotopic (exact) mass is 316 g/mol. The molecule has 0 spiro atoms. The molecule has 1 N–H and O–H groups in total. The third-order valence-electron chi connectivity index (χ3n) is 3.23. The molecule has 21 heavy (non-hydrogen) atoms. The van der Waals surface area contributed by atoms with Crippen molar-refractivity contribution in [3.05, 3.63) is 50.9 Å². The van der Waals surface area contributed by atoms with Crippen LogP contribution in [0.4, 0.5) is 0 Å². The molecule has 0 aliphatic heterocycles. The van der Waals surface area contributed by atoms with Gasteiger partial charge in [0.2, 0.25) is 11.6 Å². The normalized spacial score (nSPS) is 13.2. The lowest BCUT2D eigenvalue weighted by molar-refractivity contribution is 0.0982. The quantitative estimate of drug-likeness (QED) is 0.582. The van der Waals surface area contributed by atoms with E-state index in [2.05, 4.69) is 20.6 Å². The third kappa shape index (κ3) is 1.68. The number of aromatic amines is 1. The second kappa shape index (κ2) is 4.31. The van der Waals surface area contributed by atoms with Crippen molar-refractivity contribution in [1.29, 1.82) is 0 Å². The van der Waals surface area contributed by atoms with Gasteiger partial charge in [-0.05, 0) is 17.3 Å². The van der Waals surface area contributed by atoms with Crippen LogP contribution in [0.3, 0.4) is 0 Å². The van der Waals surface area contributed by atoms with Crippen molar-refractivity contribution in [2.45, 2.75) is 0 Å². The maximum Gasteiger partial charge on any atom is 0.214 e. The van der Waals surface area contributed by atoms with Crippen molar-refractivity contribution in [1.82, 2.24) is 20.6 Å². The second-order valence-corrected chi connectivity index (χ2v) is 5.87. The van der Waals surface area contributed by atoms with Crippen molar-refractivity contribution in [2.24, 2.45) is 0 Å². The Balaban J connectivity index is 1.96.